The number of primary sulfonamides is 1. The van der Waals surface area contributed by atoms with Crippen LogP contribution in [-0.4, -0.2) is 54.6 Å². The smallest absolute Gasteiger partial charge is 0.326 e. The van der Waals surface area contributed by atoms with Gasteiger partial charge in [0.1, 0.15) is 6.54 Å². The fourth-order valence-electron chi connectivity index (χ4n) is 4.01. The molecule has 10 nitrogen and oxygen atoms in total. The number of sulfonamides is 1. The summed E-state index contributed by atoms with van der Waals surface area (Å²) in [5.41, 5.74) is 2.62. The predicted octanol–water partition coefficient (Wildman–Crippen LogP) is 1.76. The molecule has 0 bridgehead atoms. The number of rotatable bonds is 7. The summed E-state index contributed by atoms with van der Waals surface area (Å²) in [4.78, 5) is 50.6. The Morgan fingerprint density at radius 2 is 1.51 bits per heavy atom. The Kier molecular flexibility index (Phi) is 6.14. The minimum Gasteiger partial charge on any atom is -0.456 e. The molecule has 0 fully saturated rings. The molecule has 0 aliphatic carbocycles. The highest BCUT2D eigenvalue weighted by Gasteiger charge is 2.36. The molecule has 0 saturated heterocycles. The number of hydrogen-bond donors (Lipinski definition) is 1. The van der Waals surface area contributed by atoms with Crippen molar-refractivity contribution >= 4 is 33.6 Å². The van der Waals surface area contributed by atoms with Gasteiger partial charge in [-0.3, -0.25) is 24.1 Å². The summed E-state index contributed by atoms with van der Waals surface area (Å²) in [7, 11) is -3.83. The standard InChI is InChI=1S/C24H21N3O7S/c1-14-11-20(15(2)27(14)16-7-9-17(10-8-16)35(25,32)33)21(28)13-34-22(29)12-26-23(30)18-5-3-4-6-19(18)24(26)31/h3-11H,12-13H2,1-2H3,(H2,25,32,33). The minimum atomic E-state index is -3.83. The lowest BCUT2D eigenvalue weighted by Gasteiger charge is -2.13. The largest absolute Gasteiger partial charge is 0.456 e. The van der Waals surface area contributed by atoms with E-state index in [1.807, 2.05) is 0 Å². The molecule has 0 spiro atoms. The quantitative estimate of drug-likeness (QED) is 0.299. The van der Waals surface area contributed by atoms with Gasteiger partial charge in [0.15, 0.2) is 6.61 Å². The van der Waals surface area contributed by atoms with E-state index in [2.05, 4.69) is 0 Å². The molecule has 0 radical (unpaired) electrons. The summed E-state index contributed by atoms with van der Waals surface area (Å²) < 4.78 is 29.8. The number of carbonyl (C=O) groups excluding carboxylic acids is 4. The van der Waals surface area contributed by atoms with Crippen LogP contribution in [0.4, 0.5) is 0 Å². The fourth-order valence-corrected chi connectivity index (χ4v) is 4.52. The van der Waals surface area contributed by atoms with Crippen LogP contribution in [0.5, 0.6) is 0 Å². The van der Waals surface area contributed by atoms with E-state index in [0.717, 1.165) is 4.90 Å². The van der Waals surface area contributed by atoms with Gasteiger partial charge in [-0.2, -0.15) is 0 Å². The highest BCUT2D eigenvalue weighted by atomic mass is 32.2. The SMILES string of the molecule is Cc1cc(C(=O)COC(=O)CN2C(=O)c3ccccc3C2=O)c(C)n1-c1ccc(S(N)(=O)=O)cc1. The second-order valence-corrected chi connectivity index (χ2v) is 9.55. The second kappa shape index (κ2) is 8.93. The molecule has 2 heterocycles. The van der Waals surface area contributed by atoms with Crippen LogP contribution in [0.2, 0.25) is 0 Å². The van der Waals surface area contributed by atoms with E-state index in [0.29, 0.717) is 22.6 Å². The van der Waals surface area contributed by atoms with Gasteiger partial charge in [-0.05, 0) is 56.3 Å². The van der Waals surface area contributed by atoms with E-state index in [1.54, 1.807) is 48.7 Å². The zero-order valence-corrected chi connectivity index (χ0v) is 19.7. The van der Waals surface area contributed by atoms with Crippen molar-refractivity contribution in [3.63, 3.8) is 0 Å². The Hall–Kier alpha value is -4.09. The fraction of sp³-hybridized carbons (Fsp3) is 0.167. The number of nitrogens with two attached hydrogens (primary N) is 1. The number of esters is 1. The Balaban J connectivity index is 1.43. The molecule has 2 N–H and O–H groups in total. The van der Waals surface area contributed by atoms with Crippen molar-refractivity contribution in [2.75, 3.05) is 13.2 Å². The molecule has 2 aromatic carbocycles. The summed E-state index contributed by atoms with van der Waals surface area (Å²) >= 11 is 0. The van der Waals surface area contributed by atoms with Gasteiger partial charge in [0.25, 0.3) is 11.8 Å². The van der Waals surface area contributed by atoms with Crippen LogP contribution >= 0.6 is 0 Å². The molecular weight excluding hydrogens is 474 g/mol. The number of aromatic nitrogens is 1. The first-order chi connectivity index (χ1) is 16.5. The van der Waals surface area contributed by atoms with E-state index in [-0.39, 0.29) is 16.0 Å². The molecule has 35 heavy (non-hydrogen) atoms. The number of aryl methyl sites for hydroxylation is 1. The van der Waals surface area contributed by atoms with E-state index < -0.39 is 46.7 Å². The molecular formula is C24H21N3O7S. The van der Waals surface area contributed by atoms with Gasteiger partial charge in [-0.15, -0.1) is 0 Å². The maximum atomic E-state index is 12.8. The molecule has 0 atom stereocenters. The van der Waals surface area contributed by atoms with E-state index in [1.165, 1.54) is 24.3 Å². The average molecular weight is 496 g/mol. The van der Waals surface area contributed by atoms with Crippen LogP contribution in [0.3, 0.4) is 0 Å². The minimum absolute atomic E-state index is 0.0370. The van der Waals surface area contributed by atoms with Crippen LogP contribution in [0.15, 0.2) is 59.5 Å². The van der Waals surface area contributed by atoms with Crippen LogP contribution in [0.25, 0.3) is 5.69 Å². The highest BCUT2D eigenvalue weighted by Crippen LogP contribution is 2.24. The maximum absolute atomic E-state index is 12.8. The van der Waals surface area contributed by atoms with Crippen molar-refractivity contribution in [1.29, 1.82) is 0 Å². The third kappa shape index (κ3) is 4.51. The van der Waals surface area contributed by atoms with Gasteiger partial charge in [0.05, 0.1) is 16.0 Å². The van der Waals surface area contributed by atoms with E-state index in [4.69, 9.17) is 9.88 Å². The molecule has 1 aliphatic rings. The van der Waals surface area contributed by atoms with E-state index in [9.17, 15) is 27.6 Å². The molecule has 11 heteroatoms. The first-order valence-corrected chi connectivity index (χ1v) is 12.0. The van der Waals surface area contributed by atoms with Gasteiger partial charge in [0.2, 0.25) is 15.8 Å². The summed E-state index contributed by atoms with van der Waals surface area (Å²) in [6.45, 7) is 2.30. The topological polar surface area (TPSA) is 146 Å². The Labute approximate surface area is 200 Å². The summed E-state index contributed by atoms with van der Waals surface area (Å²) in [5, 5.41) is 5.13. The summed E-state index contributed by atoms with van der Waals surface area (Å²) in [6.07, 6.45) is 0. The molecule has 3 aromatic rings. The van der Waals surface area contributed by atoms with Crippen LogP contribution in [0.1, 0.15) is 42.5 Å². The number of fused-ring (bicyclic) bond motifs is 1. The van der Waals surface area contributed by atoms with E-state index >= 15 is 0 Å². The number of benzene rings is 2. The van der Waals surface area contributed by atoms with Crippen molar-refractivity contribution in [1.82, 2.24) is 9.47 Å². The van der Waals surface area contributed by atoms with Crippen molar-refractivity contribution in [3.05, 3.63) is 82.7 Å². The summed E-state index contributed by atoms with van der Waals surface area (Å²) in [6, 6.07) is 13.7. The molecule has 4 rings (SSSR count). The average Bonchev–Trinajstić information content (AvgIpc) is 3.25. The Morgan fingerprint density at radius 3 is 2.06 bits per heavy atom. The molecule has 1 aliphatic heterocycles. The zero-order valence-electron chi connectivity index (χ0n) is 18.8. The number of ether oxygens (including phenoxy) is 1. The lowest BCUT2D eigenvalue weighted by atomic mass is 10.1. The number of ketones is 1. The molecule has 2 amide bonds. The van der Waals surface area contributed by atoms with Crippen molar-refractivity contribution in [3.8, 4) is 5.69 Å². The molecule has 1 aromatic heterocycles. The Morgan fingerprint density at radius 1 is 0.943 bits per heavy atom. The second-order valence-electron chi connectivity index (χ2n) is 7.99. The van der Waals surface area contributed by atoms with Crippen LogP contribution < -0.4 is 5.14 Å². The first-order valence-electron chi connectivity index (χ1n) is 10.4. The lowest BCUT2D eigenvalue weighted by molar-refractivity contribution is -0.142. The number of Topliss-reactive ketones (excluding diaryl/α,β-unsaturated/α-hetero) is 1. The predicted molar refractivity (Wildman–Crippen MR) is 124 cm³/mol. The van der Waals surface area contributed by atoms with Gasteiger partial charge < -0.3 is 9.30 Å². The third-order valence-electron chi connectivity index (χ3n) is 5.68. The van der Waals surface area contributed by atoms with Gasteiger partial charge in [0, 0.05) is 22.6 Å². The van der Waals surface area contributed by atoms with Gasteiger partial charge in [-0.1, -0.05) is 12.1 Å². The normalized spacial score (nSPS) is 13.2. The molecule has 180 valence electrons. The lowest BCUT2D eigenvalue weighted by Crippen LogP contribution is -2.36. The zero-order chi connectivity index (χ0) is 25.5. The van der Waals surface area contributed by atoms with Gasteiger partial charge in [-0.25, -0.2) is 13.6 Å². The van der Waals surface area contributed by atoms with Crippen LogP contribution in [0, 0.1) is 13.8 Å². The monoisotopic (exact) mass is 495 g/mol. The maximum Gasteiger partial charge on any atom is 0.326 e. The highest BCUT2D eigenvalue weighted by molar-refractivity contribution is 7.89. The number of hydrogen-bond acceptors (Lipinski definition) is 7. The number of carbonyl (C=O) groups is 4. The Bertz CT molecular complexity index is 1450. The first kappa shape index (κ1) is 24.0. The molecule has 0 unspecified atom stereocenters. The van der Waals surface area contributed by atoms with Gasteiger partial charge >= 0.3 is 5.97 Å². The van der Waals surface area contributed by atoms with Crippen molar-refractivity contribution < 1.29 is 32.3 Å². The number of imide groups is 1. The van der Waals surface area contributed by atoms with Crippen LogP contribution in [-0.2, 0) is 19.6 Å². The summed E-state index contributed by atoms with van der Waals surface area (Å²) in [5.74, 6) is -2.54. The van der Waals surface area contributed by atoms with Crippen molar-refractivity contribution in [2.45, 2.75) is 18.7 Å². The van der Waals surface area contributed by atoms with Crippen molar-refractivity contribution in [2.24, 2.45) is 5.14 Å². The third-order valence-corrected chi connectivity index (χ3v) is 6.61. The molecule has 0 saturated carbocycles. The number of amides is 2. The number of nitrogens with zero attached hydrogens (tertiary/aromatic N) is 2.